The van der Waals surface area contributed by atoms with Gasteiger partial charge in [-0.15, -0.1) is 0 Å². The largest absolute Gasteiger partial charge is 0.366 e. The fraction of sp³-hybridized carbons (Fsp3) is 0.450. The summed E-state index contributed by atoms with van der Waals surface area (Å²) in [5.74, 6) is 0.749. The first kappa shape index (κ1) is 16.8. The first-order valence-corrected chi connectivity index (χ1v) is 9.12. The van der Waals surface area contributed by atoms with Crippen LogP contribution < -0.4 is 15.1 Å². The Morgan fingerprint density at radius 3 is 2.73 bits per heavy atom. The Kier molecular flexibility index (Phi) is 3.86. The summed E-state index contributed by atoms with van der Waals surface area (Å²) >= 11 is 0. The van der Waals surface area contributed by atoms with Crippen LogP contribution in [0.5, 0.6) is 0 Å². The Labute approximate surface area is 154 Å². The molecule has 2 amide bonds. The zero-order valence-corrected chi connectivity index (χ0v) is 15.8. The van der Waals surface area contributed by atoms with Crippen LogP contribution in [-0.2, 0) is 0 Å². The molecule has 0 saturated carbocycles. The molecular formula is C20H25N5O. The monoisotopic (exact) mass is 351 g/mol. The van der Waals surface area contributed by atoms with Crippen molar-refractivity contribution in [2.45, 2.75) is 45.7 Å². The van der Waals surface area contributed by atoms with Gasteiger partial charge >= 0.3 is 6.03 Å². The van der Waals surface area contributed by atoms with Crippen LogP contribution in [-0.4, -0.2) is 40.7 Å². The second kappa shape index (κ2) is 5.97. The van der Waals surface area contributed by atoms with Crippen LogP contribution in [0.25, 0.3) is 11.3 Å². The van der Waals surface area contributed by atoms with Gasteiger partial charge in [0, 0.05) is 36.1 Å². The molecule has 2 aromatic heterocycles. The van der Waals surface area contributed by atoms with Gasteiger partial charge in [0.05, 0.1) is 17.4 Å². The van der Waals surface area contributed by atoms with E-state index in [0.717, 1.165) is 48.0 Å². The number of aromatic nitrogens is 2. The third kappa shape index (κ3) is 3.00. The minimum Gasteiger partial charge on any atom is -0.366 e. The average Bonchev–Trinajstić information content (AvgIpc) is 2.98. The molecule has 0 spiro atoms. The summed E-state index contributed by atoms with van der Waals surface area (Å²) in [5.41, 5.74) is 3.52. The van der Waals surface area contributed by atoms with Crippen molar-refractivity contribution >= 4 is 17.5 Å². The van der Waals surface area contributed by atoms with Gasteiger partial charge in [-0.2, -0.15) is 0 Å². The summed E-state index contributed by atoms with van der Waals surface area (Å²) in [6.45, 7) is 9.80. The van der Waals surface area contributed by atoms with Crippen LogP contribution >= 0.6 is 0 Å². The number of carbonyl (C=O) groups excluding carboxylic acids is 1. The minimum atomic E-state index is -0.286. The first-order chi connectivity index (χ1) is 12.3. The lowest BCUT2D eigenvalue weighted by Gasteiger charge is -2.37. The fourth-order valence-corrected chi connectivity index (χ4v) is 3.63. The number of amides is 2. The zero-order valence-electron chi connectivity index (χ0n) is 15.8. The van der Waals surface area contributed by atoms with Crippen molar-refractivity contribution < 1.29 is 4.79 Å². The Bertz CT molecular complexity index is 840. The van der Waals surface area contributed by atoms with E-state index in [4.69, 9.17) is 4.98 Å². The molecule has 2 aromatic rings. The average molecular weight is 351 g/mol. The van der Waals surface area contributed by atoms with Crippen LogP contribution in [0.2, 0.25) is 0 Å². The topological polar surface area (TPSA) is 61.4 Å². The van der Waals surface area contributed by atoms with Gasteiger partial charge < -0.3 is 10.2 Å². The molecule has 0 aromatic carbocycles. The highest BCUT2D eigenvalue weighted by atomic mass is 16.2. The molecule has 1 N–H and O–H groups in total. The molecule has 2 bridgehead atoms. The van der Waals surface area contributed by atoms with Gasteiger partial charge in [-0.05, 0) is 58.4 Å². The normalized spacial score (nSPS) is 18.7. The molecule has 0 aliphatic carbocycles. The molecular weight excluding hydrogens is 326 g/mol. The van der Waals surface area contributed by atoms with Crippen LogP contribution in [0.1, 0.15) is 32.9 Å². The lowest BCUT2D eigenvalue weighted by atomic mass is 10.1. The van der Waals surface area contributed by atoms with Gasteiger partial charge in [0.2, 0.25) is 0 Å². The molecule has 1 fully saturated rings. The predicted octanol–water partition coefficient (Wildman–Crippen LogP) is 3.36. The van der Waals surface area contributed by atoms with E-state index in [1.807, 2.05) is 57.0 Å². The molecule has 2 aliphatic heterocycles. The van der Waals surface area contributed by atoms with Gasteiger partial charge in [0.15, 0.2) is 5.82 Å². The Morgan fingerprint density at radius 1 is 1.23 bits per heavy atom. The van der Waals surface area contributed by atoms with Crippen molar-refractivity contribution in [2.24, 2.45) is 0 Å². The SMILES string of the molecule is Cc1ccc(-c2ccc3c(n2)N(C(=O)NC(C)(C)C)[C@H]2CCN3C2)cn1. The number of hydrogen-bond acceptors (Lipinski definition) is 4. The number of carbonyl (C=O) groups is 1. The van der Waals surface area contributed by atoms with E-state index < -0.39 is 0 Å². The molecule has 136 valence electrons. The minimum absolute atomic E-state index is 0.0722. The van der Waals surface area contributed by atoms with Gasteiger partial charge in [-0.25, -0.2) is 9.78 Å². The van der Waals surface area contributed by atoms with Crippen molar-refractivity contribution in [3.63, 3.8) is 0 Å². The summed E-state index contributed by atoms with van der Waals surface area (Å²) in [5, 5.41) is 3.10. The Hall–Kier alpha value is -2.63. The van der Waals surface area contributed by atoms with Crippen molar-refractivity contribution in [1.29, 1.82) is 0 Å². The molecule has 4 rings (SSSR count). The van der Waals surface area contributed by atoms with E-state index in [-0.39, 0.29) is 17.6 Å². The number of urea groups is 1. The molecule has 1 atom stereocenters. The van der Waals surface area contributed by atoms with Gasteiger partial charge in [-0.3, -0.25) is 9.88 Å². The quantitative estimate of drug-likeness (QED) is 0.856. The fourth-order valence-electron chi connectivity index (χ4n) is 3.63. The van der Waals surface area contributed by atoms with E-state index >= 15 is 0 Å². The van der Waals surface area contributed by atoms with E-state index in [2.05, 4.69) is 21.3 Å². The summed E-state index contributed by atoms with van der Waals surface area (Å²) in [7, 11) is 0. The van der Waals surface area contributed by atoms with Crippen LogP contribution in [0.15, 0.2) is 30.5 Å². The summed E-state index contributed by atoms with van der Waals surface area (Å²) in [6.07, 6.45) is 2.80. The van der Waals surface area contributed by atoms with Crippen LogP contribution in [0, 0.1) is 6.92 Å². The van der Waals surface area contributed by atoms with Gasteiger partial charge in [0.1, 0.15) is 0 Å². The van der Waals surface area contributed by atoms with E-state index in [0.29, 0.717) is 0 Å². The highest BCUT2D eigenvalue weighted by Gasteiger charge is 2.40. The van der Waals surface area contributed by atoms with E-state index in [1.54, 1.807) is 0 Å². The molecule has 26 heavy (non-hydrogen) atoms. The van der Waals surface area contributed by atoms with Crippen molar-refractivity contribution in [3.8, 4) is 11.3 Å². The molecule has 2 aliphatic rings. The maximum absolute atomic E-state index is 13.0. The lowest BCUT2D eigenvalue weighted by molar-refractivity contribution is 0.235. The number of pyridine rings is 2. The maximum Gasteiger partial charge on any atom is 0.323 e. The second-order valence-corrected chi connectivity index (χ2v) is 8.17. The number of nitrogens with one attached hydrogen (secondary N) is 1. The van der Waals surface area contributed by atoms with Gasteiger partial charge in [0.25, 0.3) is 0 Å². The van der Waals surface area contributed by atoms with E-state index in [1.165, 1.54) is 0 Å². The van der Waals surface area contributed by atoms with Crippen molar-refractivity contribution in [3.05, 3.63) is 36.2 Å². The van der Waals surface area contributed by atoms with Crippen molar-refractivity contribution in [1.82, 2.24) is 15.3 Å². The van der Waals surface area contributed by atoms with E-state index in [9.17, 15) is 4.79 Å². The highest BCUT2D eigenvalue weighted by molar-refractivity contribution is 5.97. The number of anilines is 2. The third-order valence-electron chi connectivity index (χ3n) is 4.86. The number of nitrogens with zero attached hydrogens (tertiary/aromatic N) is 4. The summed E-state index contributed by atoms with van der Waals surface area (Å²) < 4.78 is 0. The standard InChI is InChI=1S/C20H25N5O/c1-13-5-6-14(11-21-13)16-7-8-17-18(22-16)25(15-9-10-24(17)12-15)19(26)23-20(2,3)4/h5-8,11,15H,9-10,12H2,1-4H3,(H,23,26)/t15-/m0/s1. The number of rotatable bonds is 1. The van der Waals surface area contributed by atoms with Crippen LogP contribution in [0.3, 0.4) is 0 Å². The lowest BCUT2D eigenvalue weighted by Crippen LogP contribution is -2.54. The van der Waals surface area contributed by atoms with Gasteiger partial charge in [-0.1, -0.05) is 0 Å². The summed E-state index contributed by atoms with van der Waals surface area (Å²) in [6, 6.07) is 8.20. The zero-order chi connectivity index (χ0) is 18.5. The van der Waals surface area contributed by atoms with Crippen LogP contribution in [0.4, 0.5) is 16.3 Å². The predicted molar refractivity (Wildman–Crippen MR) is 104 cm³/mol. The van der Waals surface area contributed by atoms with Crippen molar-refractivity contribution in [2.75, 3.05) is 22.9 Å². The molecule has 6 nitrogen and oxygen atoms in total. The molecule has 1 saturated heterocycles. The Morgan fingerprint density at radius 2 is 2.04 bits per heavy atom. The molecule has 6 heteroatoms. The Balaban J connectivity index is 1.76. The number of aryl methyl sites for hydroxylation is 1. The molecule has 0 radical (unpaired) electrons. The maximum atomic E-state index is 13.0. The molecule has 0 unspecified atom stereocenters. The first-order valence-electron chi connectivity index (χ1n) is 9.12. The smallest absolute Gasteiger partial charge is 0.323 e. The number of fused-ring (bicyclic) bond motifs is 4. The second-order valence-electron chi connectivity index (χ2n) is 8.17. The highest BCUT2D eigenvalue weighted by Crippen LogP contribution is 2.40. The summed E-state index contributed by atoms with van der Waals surface area (Å²) in [4.78, 5) is 26.4. The number of hydrogen-bond donors (Lipinski definition) is 1. The molecule has 4 heterocycles. The third-order valence-corrected chi connectivity index (χ3v) is 4.86.